The summed E-state index contributed by atoms with van der Waals surface area (Å²) in [6.07, 6.45) is 1.12. The Balaban J connectivity index is 2.38. The van der Waals surface area contributed by atoms with Gasteiger partial charge in [0.2, 0.25) is 5.95 Å². The SMILES string of the molecule is O=[N+]([O-])c1ccc(S(=O)(=O)Nc2ncn[nH]2)c(Cl)c1. The van der Waals surface area contributed by atoms with Crippen molar-refractivity contribution in [3.63, 3.8) is 0 Å². The fourth-order valence-corrected chi connectivity index (χ4v) is 2.76. The maximum Gasteiger partial charge on any atom is 0.271 e. The van der Waals surface area contributed by atoms with Crippen LogP contribution in [-0.4, -0.2) is 28.5 Å². The van der Waals surface area contributed by atoms with Gasteiger partial charge in [0.15, 0.2) is 0 Å². The van der Waals surface area contributed by atoms with Crippen molar-refractivity contribution in [3.05, 3.63) is 39.7 Å². The number of rotatable bonds is 4. The highest BCUT2D eigenvalue weighted by atomic mass is 35.5. The predicted molar refractivity (Wildman–Crippen MR) is 65.3 cm³/mol. The fourth-order valence-electron chi connectivity index (χ4n) is 1.26. The summed E-state index contributed by atoms with van der Waals surface area (Å²) in [4.78, 5) is 13.2. The summed E-state index contributed by atoms with van der Waals surface area (Å²) in [6.45, 7) is 0. The molecule has 0 radical (unpaired) electrons. The first-order chi connectivity index (χ1) is 8.90. The van der Waals surface area contributed by atoms with E-state index in [-0.39, 0.29) is 21.6 Å². The summed E-state index contributed by atoms with van der Waals surface area (Å²) < 4.78 is 26.0. The molecule has 0 aliphatic rings. The van der Waals surface area contributed by atoms with Crippen molar-refractivity contribution in [2.45, 2.75) is 4.90 Å². The van der Waals surface area contributed by atoms with E-state index >= 15 is 0 Å². The third kappa shape index (κ3) is 2.80. The van der Waals surface area contributed by atoms with Gasteiger partial charge in [-0.3, -0.25) is 10.1 Å². The van der Waals surface area contributed by atoms with Crippen LogP contribution < -0.4 is 4.72 Å². The Labute approximate surface area is 111 Å². The number of aromatic nitrogens is 3. The minimum atomic E-state index is -3.99. The average molecular weight is 304 g/mol. The summed E-state index contributed by atoms with van der Waals surface area (Å²) >= 11 is 5.73. The molecular formula is C8H6ClN5O4S. The average Bonchev–Trinajstić information content (AvgIpc) is 2.80. The number of nitrogens with zero attached hydrogens (tertiary/aromatic N) is 3. The van der Waals surface area contributed by atoms with Crippen LogP contribution in [0.25, 0.3) is 0 Å². The summed E-state index contributed by atoms with van der Waals surface area (Å²) in [7, 11) is -3.99. The molecule has 11 heteroatoms. The van der Waals surface area contributed by atoms with Crippen LogP contribution in [-0.2, 0) is 10.0 Å². The number of nitrogens with one attached hydrogen (secondary N) is 2. The molecule has 19 heavy (non-hydrogen) atoms. The highest BCUT2D eigenvalue weighted by Crippen LogP contribution is 2.26. The van der Waals surface area contributed by atoms with E-state index in [1.165, 1.54) is 0 Å². The van der Waals surface area contributed by atoms with Crippen LogP contribution in [0.1, 0.15) is 0 Å². The Kier molecular flexibility index (Phi) is 3.36. The highest BCUT2D eigenvalue weighted by Gasteiger charge is 2.21. The van der Waals surface area contributed by atoms with Crippen LogP contribution in [0, 0.1) is 10.1 Å². The van der Waals surface area contributed by atoms with Crippen molar-refractivity contribution < 1.29 is 13.3 Å². The van der Waals surface area contributed by atoms with Gasteiger partial charge in [0.05, 0.1) is 9.95 Å². The zero-order chi connectivity index (χ0) is 14.0. The quantitative estimate of drug-likeness (QED) is 0.643. The lowest BCUT2D eigenvalue weighted by Crippen LogP contribution is -2.14. The van der Waals surface area contributed by atoms with E-state index in [0.717, 1.165) is 24.5 Å². The molecular weight excluding hydrogens is 298 g/mol. The Morgan fingerprint density at radius 1 is 1.42 bits per heavy atom. The normalized spacial score (nSPS) is 11.2. The zero-order valence-electron chi connectivity index (χ0n) is 9.07. The highest BCUT2D eigenvalue weighted by molar-refractivity contribution is 7.92. The van der Waals surface area contributed by atoms with E-state index in [1.54, 1.807) is 0 Å². The molecule has 1 aromatic heterocycles. The van der Waals surface area contributed by atoms with Crippen LogP contribution in [0.4, 0.5) is 11.6 Å². The molecule has 2 aromatic rings. The number of nitro groups is 1. The first-order valence-electron chi connectivity index (χ1n) is 4.72. The summed E-state index contributed by atoms with van der Waals surface area (Å²) in [5, 5.41) is 16.1. The molecule has 0 unspecified atom stereocenters. The van der Waals surface area contributed by atoms with Gasteiger partial charge in [-0.15, -0.1) is 0 Å². The maximum atomic E-state index is 11.9. The van der Waals surface area contributed by atoms with Crippen LogP contribution >= 0.6 is 11.6 Å². The van der Waals surface area contributed by atoms with Gasteiger partial charge in [0.25, 0.3) is 15.7 Å². The molecule has 1 heterocycles. The number of benzene rings is 1. The Morgan fingerprint density at radius 2 is 2.16 bits per heavy atom. The molecule has 2 rings (SSSR count). The van der Waals surface area contributed by atoms with E-state index in [1.807, 2.05) is 0 Å². The van der Waals surface area contributed by atoms with E-state index in [4.69, 9.17) is 11.6 Å². The molecule has 0 fully saturated rings. The van der Waals surface area contributed by atoms with Crippen molar-refractivity contribution in [3.8, 4) is 0 Å². The van der Waals surface area contributed by atoms with Gasteiger partial charge >= 0.3 is 0 Å². The van der Waals surface area contributed by atoms with E-state index in [2.05, 4.69) is 19.9 Å². The first kappa shape index (κ1) is 13.2. The molecule has 0 saturated carbocycles. The molecule has 1 aromatic carbocycles. The Morgan fingerprint density at radius 3 is 2.68 bits per heavy atom. The van der Waals surface area contributed by atoms with Gasteiger partial charge < -0.3 is 0 Å². The van der Waals surface area contributed by atoms with Gasteiger partial charge in [0.1, 0.15) is 11.2 Å². The van der Waals surface area contributed by atoms with Crippen molar-refractivity contribution in [1.82, 2.24) is 15.2 Å². The van der Waals surface area contributed by atoms with Crippen LogP contribution in [0.2, 0.25) is 5.02 Å². The smallest absolute Gasteiger partial charge is 0.258 e. The number of hydrogen-bond acceptors (Lipinski definition) is 6. The lowest BCUT2D eigenvalue weighted by atomic mass is 10.3. The largest absolute Gasteiger partial charge is 0.271 e. The lowest BCUT2D eigenvalue weighted by molar-refractivity contribution is -0.384. The van der Waals surface area contributed by atoms with E-state index in [0.29, 0.717) is 0 Å². The molecule has 2 N–H and O–H groups in total. The lowest BCUT2D eigenvalue weighted by Gasteiger charge is -2.06. The number of anilines is 1. The molecule has 0 amide bonds. The van der Waals surface area contributed by atoms with Crippen molar-refractivity contribution in [2.24, 2.45) is 0 Å². The molecule has 0 saturated heterocycles. The summed E-state index contributed by atoms with van der Waals surface area (Å²) in [6, 6.07) is 3.04. The number of halogens is 1. The topological polar surface area (TPSA) is 131 Å². The molecule has 0 aliphatic carbocycles. The predicted octanol–water partition coefficient (Wildman–Crippen LogP) is 1.17. The molecule has 0 bridgehead atoms. The van der Waals surface area contributed by atoms with Crippen LogP contribution in [0.5, 0.6) is 0 Å². The number of sulfonamides is 1. The van der Waals surface area contributed by atoms with Gasteiger partial charge in [0, 0.05) is 12.1 Å². The van der Waals surface area contributed by atoms with Crippen LogP contribution in [0.3, 0.4) is 0 Å². The number of H-pyrrole nitrogens is 1. The third-order valence-electron chi connectivity index (χ3n) is 2.06. The summed E-state index contributed by atoms with van der Waals surface area (Å²) in [5.41, 5.74) is -0.302. The van der Waals surface area contributed by atoms with Crippen molar-refractivity contribution in [1.29, 1.82) is 0 Å². The standard InChI is InChI=1S/C8H6ClN5O4S/c9-6-3-5(14(15)16)1-2-7(6)19(17,18)13-8-10-4-11-12-8/h1-4H,(H2,10,11,12,13). The molecule has 0 aliphatic heterocycles. The second-order valence-corrected chi connectivity index (χ2v) is 5.37. The minimum Gasteiger partial charge on any atom is -0.258 e. The maximum absolute atomic E-state index is 11.9. The third-order valence-corrected chi connectivity index (χ3v) is 3.88. The Bertz CT molecular complexity index is 715. The number of aromatic amines is 1. The van der Waals surface area contributed by atoms with Gasteiger partial charge in [-0.1, -0.05) is 11.6 Å². The molecule has 0 spiro atoms. The molecule has 100 valence electrons. The number of hydrogen-bond donors (Lipinski definition) is 2. The fraction of sp³-hybridized carbons (Fsp3) is 0. The summed E-state index contributed by atoms with van der Waals surface area (Å²) in [5.74, 6) is -0.0885. The minimum absolute atomic E-state index is 0.0885. The van der Waals surface area contributed by atoms with Crippen LogP contribution in [0.15, 0.2) is 29.4 Å². The number of nitro benzene ring substituents is 1. The second-order valence-electron chi connectivity index (χ2n) is 3.31. The van der Waals surface area contributed by atoms with E-state index < -0.39 is 14.9 Å². The zero-order valence-corrected chi connectivity index (χ0v) is 10.6. The van der Waals surface area contributed by atoms with Gasteiger partial charge in [-0.05, 0) is 6.07 Å². The monoisotopic (exact) mass is 303 g/mol. The molecule has 0 atom stereocenters. The molecule has 9 nitrogen and oxygen atoms in total. The van der Waals surface area contributed by atoms with E-state index in [9.17, 15) is 18.5 Å². The van der Waals surface area contributed by atoms with Crippen molar-refractivity contribution >= 4 is 33.3 Å². The number of non-ortho nitro benzene ring substituents is 1. The van der Waals surface area contributed by atoms with Crippen molar-refractivity contribution in [2.75, 3.05) is 4.72 Å². The Hall–Kier alpha value is -2.20. The first-order valence-corrected chi connectivity index (χ1v) is 6.58. The van der Waals surface area contributed by atoms with Gasteiger partial charge in [-0.2, -0.15) is 10.1 Å². The van der Waals surface area contributed by atoms with Gasteiger partial charge in [-0.25, -0.2) is 18.2 Å². The second kappa shape index (κ2) is 4.82.